The second-order valence-corrected chi connectivity index (χ2v) is 5.81. The molecule has 0 saturated heterocycles. The minimum atomic E-state index is -4.99. The van der Waals surface area contributed by atoms with Gasteiger partial charge in [0.05, 0.1) is 11.1 Å². The van der Waals surface area contributed by atoms with Crippen molar-refractivity contribution < 1.29 is 35.9 Å². The number of hydrogen-bond acceptors (Lipinski definition) is 2. The average molecular weight is 391 g/mol. The van der Waals surface area contributed by atoms with Gasteiger partial charge in [0.25, 0.3) is 5.91 Å². The lowest BCUT2D eigenvalue weighted by Crippen LogP contribution is -2.30. The van der Waals surface area contributed by atoms with E-state index in [0.29, 0.717) is 17.8 Å². The van der Waals surface area contributed by atoms with Crippen LogP contribution in [-0.4, -0.2) is 12.0 Å². The third-order valence-electron chi connectivity index (χ3n) is 3.65. The van der Waals surface area contributed by atoms with E-state index in [2.05, 4.69) is 5.32 Å². The van der Waals surface area contributed by atoms with Gasteiger partial charge in [-0.15, -0.1) is 0 Å². The van der Waals surface area contributed by atoms with Crippen LogP contribution in [0, 0.1) is 6.92 Å². The van der Waals surface area contributed by atoms with Gasteiger partial charge in [-0.3, -0.25) is 4.79 Å². The number of amides is 1. The van der Waals surface area contributed by atoms with Crippen molar-refractivity contribution in [2.45, 2.75) is 32.3 Å². The van der Waals surface area contributed by atoms with Crippen molar-refractivity contribution in [3.05, 3.63) is 59.2 Å². The smallest absolute Gasteiger partial charge is 0.416 e. The Labute approximate surface area is 150 Å². The standard InChI is InChI=1S/C18H15F6NO2/c1-10-5-3-4-6-15(10)25-16(26)11(2)27-14-8-12(17(19,20)21)7-13(9-14)18(22,23)24/h3-9,11H,1-2H3,(H,25,26). The average Bonchev–Trinajstić information content (AvgIpc) is 2.55. The van der Waals surface area contributed by atoms with E-state index >= 15 is 0 Å². The van der Waals surface area contributed by atoms with Gasteiger partial charge in [-0.2, -0.15) is 26.3 Å². The first-order valence-electron chi connectivity index (χ1n) is 7.70. The van der Waals surface area contributed by atoms with Gasteiger partial charge in [0.1, 0.15) is 5.75 Å². The molecule has 0 aliphatic heterocycles. The monoisotopic (exact) mass is 391 g/mol. The lowest BCUT2D eigenvalue weighted by molar-refractivity contribution is -0.143. The van der Waals surface area contributed by atoms with E-state index in [1.54, 1.807) is 31.2 Å². The Balaban J connectivity index is 2.24. The molecule has 1 amide bonds. The Morgan fingerprint density at radius 1 is 0.963 bits per heavy atom. The van der Waals surface area contributed by atoms with E-state index < -0.39 is 41.2 Å². The summed E-state index contributed by atoms with van der Waals surface area (Å²) in [5.74, 6) is -1.42. The Kier molecular flexibility index (Phi) is 5.72. The molecule has 2 aromatic carbocycles. The molecule has 2 rings (SSSR count). The Morgan fingerprint density at radius 2 is 1.48 bits per heavy atom. The van der Waals surface area contributed by atoms with Crippen LogP contribution in [0.3, 0.4) is 0 Å². The highest BCUT2D eigenvalue weighted by atomic mass is 19.4. The molecule has 2 aromatic rings. The molecule has 27 heavy (non-hydrogen) atoms. The number of rotatable bonds is 4. The summed E-state index contributed by atoms with van der Waals surface area (Å²) in [5, 5.41) is 2.51. The molecule has 146 valence electrons. The molecule has 9 heteroatoms. The highest BCUT2D eigenvalue weighted by molar-refractivity contribution is 5.94. The molecule has 1 unspecified atom stereocenters. The van der Waals surface area contributed by atoms with Crippen molar-refractivity contribution in [2.75, 3.05) is 5.32 Å². The van der Waals surface area contributed by atoms with Crippen LogP contribution in [0.2, 0.25) is 0 Å². The molecule has 0 saturated carbocycles. The normalized spacial score (nSPS) is 13.2. The molecule has 0 aliphatic rings. The molecule has 1 atom stereocenters. The highest BCUT2D eigenvalue weighted by Crippen LogP contribution is 2.38. The molecule has 0 radical (unpaired) electrons. The number of para-hydroxylation sites is 1. The molecule has 0 bridgehead atoms. The van der Waals surface area contributed by atoms with Crippen LogP contribution in [0.1, 0.15) is 23.6 Å². The number of ether oxygens (including phenoxy) is 1. The van der Waals surface area contributed by atoms with Gasteiger partial charge < -0.3 is 10.1 Å². The lowest BCUT2D eigenvalue weighted by atomic mass is 10.1. The fourth-order valence-corrected chi connectivity index (χ4v) is 2.20. The van der Waals surface area contributed by atoms with Crippen molar-refractivity contribution in [1.82, 2.24) is 0 Å². The molecule has 0 aromatic heterocycles. The first-order chi connectivity index (χ1) is 12.4. The first-order valence-corrected chi connectivity index (χ1v) is 7.70. The predicted molar refractivity (Wildman–Crippen MR) is 86.3 cm³/mol. The molecular weight excluding hydrogens is 376 g/mol. The van der Waals surface area contributed by atoms with Crippen LogP contribution >= 0.6 is 0 Å². The minimum Gasteiger partial charge on any atom is -0.481 e. The van der Waals surface area contributed by atoms with Crippen LogP contribution in [0.15, 0.2) is 42.5 Å². The summed E-state index contributed by atoms with van der Waals surface area (Å²) in [4.78, 5) is 12.2. The summed E-state index contributed by atoms with van der Waals surface area (Å²) < 4.78 is 82.2. The van der Waals surface area contributed by atoms with E-state index in [0.717, 1.165) is 5.56 Å². The van der Waals surface area contributed by atoms with Crippen molar-refractivity contribution >= 4 is 11.6 Å². The molecule has 0 heterocycles. The van der Waals surface area contributed by atoms with Crippen molar-refractivity contribution in [3.8, 4) is 5.75 Å². The van der Waals surface area contributed by atoms with Crippen LogP contribution in [0.25, 0.3) is 0 Å². The summed E-state index contributed by atoms with van der Waals surface area (Å²) in [6, 6.07) is 7.57. The van der Waals surface area contributed by atoms with Gasteiger partial charge in [0.2, 0.25) is 0 Å². The molecule has 1 N–H and O–H groups in total. The zero-order valence-corrected chi connectivity index (χ0v) is 14.2. The predicted octanol–water partition coefficient (Wildman–Crippen LogP) is 5.44. The van der Waals surface area contributed by atoms with Crippen molar-refractivity contribution in [3.63, 3.8) is 0 Å². The summed E-state index contributed by atoms with van der Waals surface area (Å²) in [6.07, 6.45) is -11.3. The van der Waals surface area contributed by atoms with Crippen LogP contribution < -0.4 is 10.1 Å². The number of halogens is 6. The van der Waals surface area contributed by atoms with Gasteiger partial charge in [-0.25, -0.2) is 0 Å². The topological polar surface area (TPSA) is 38.3 Å². The number of carbonyl (C=O) groups is 1. The van der Waals surface area contributed by atoms with E-state index in [1.165, 1.54) is 6.92 Å². The summed E-state index contributed by atoms with van der Waals surface area (Å²) in [6.45, 7) is 2.95. The highest BCUT2D eigenvalue weighted by Gasteiger charge is 2.37. The molecule has 3 nitrogen and oxygen atoms in total. The minimum absolute atomic E-state index is 0.00900. The fourth-order valence-electron chi connectivity index (χ4n) is 2.20. The number of aryl methyl sites for hydroxylation is 1. The zero-order chi connectivity index (χ0) is 20.4. The molecule has 0 aliphatic carbocycles. The van der Waals surface area contributed by atoms with Crippen LogP contribution in [0.4, 0.5) is 32.0 Å². The molecule has 0 fully saturated rings. The number of hydrogen-bond donors (Lipinski definition) is 1. The van der Waals surface area contributed by atoms with Crippen LogP contribution in [0.5, 0.6) is 5.75 Å². The van der Waals surface area contributed by atoms with Crippen LogP contribution in [-0.2, 0) is 17.1 Å². The third kappa shape index (κ3) is 5.38. The van der Waals surface area contributed by atoms with Gasteiger partial charge >= 0.3 is 12.4 Å². The van der Waals surface area contributed by atoms with E-state index in [1.807, 2.05) is 0 Å². The summed E-state index contributed by atoms with van der Waals surface area (Å²) >= 11 is 0. The van der Waals surface area contributed by atoms with Gasteiger partial charge in [0.15, 0.2) is 6.10 Å². The van der Waals surface area contributed by atoms with E-state index in [4.69, 9.17) is 4.74 Å². The number of nitrogens with one attached hydrogen (secondary N) is 1. The first kappa shape index (κ1) is 20.6. The van der Waals surface area contributed by atoms with Gasteiger partial charge in [-0.05, 0) is 43.7 Å². The number of anilines is 1. The second kappa shape index (κ2) is 7.50. The third-order valence-corrected chi connectivity index (χ3v) is 3.65. The summed E-state index contributed by atoms with van der Waals surface area (Å²) in [5.41, 5.74) is -1.84. The van der Waals surface area contributed by atoms with Gasteiger partial charge in [-0.1, -0.05) is 18.2 Å². The summed E-state index contributed by atoms with van der Waals surface area (Å²) in [7, 11) is 0. The maximum Gasteiger partial charge on any atom is 0.416 e. The molecular formula is C18H15F6NO2. The fraction of sp³-hybridized carbons (Fsp3) is 0.278. The van der Waals surface area contributed by atoms with E-state index in [-0.39, 0.29) is 6.07 Å². The quantitative estimate of drug-likeness (QED) is 0.705. The lowest BCUT2D eigenvalue weighted by Gasteiger charge is -2.18. The maximum absolute atomic E-state index is 12.9. The largest absolute Gasteiger partial charge is 0.481 e. The zero-order valence-electron chi connectivity index (χ0n) is 14.2. The second-order valence-electron chi connectivity index (χ2n) is 5.81. The van der Waals surface area contributed by atoms with Crippen molar-refractivity contribution in [1.29, 1.82) is 0 Å². The SMILES string of the molecule is Cc1ccccc1NC(=O)C(C)Oc1cc(C(F)(F)F)cc(C(F)(F)F)c1. The van der Waals surface area contributed by atoms with E-state index in [9.17, 15) is 31.1 Å². The van der Waals surface area contributed by atoms with Crippen molar-refractivity contribution in [2.24, 2.45) is 0 Å². The number of carbonyl (C=O) groups excluding carboxylic acids is 1. The Hall–Kier alpha value is -2.71. The Bertz CT molecular complexity index is 797. The van der Waals surface area contributed by atoms with Gasteiger partial charge in [0, 0.05) is 5.69 Å². The Morgan fingerprint density at radius 3 is 1.96 bits per heavy atom. The molecule has 0 spiro atoms. The number of alkyl halides is 6. The maximum atomic E-state index is 12.9. The number of benzene rings is 2.